The van der Waals surface area contributed by atoms with E-state index in [1.54, 1.807) is 17.5 Å². The molecule has 4 rings (SSSR count). The predicted molar refractivity (Wildman–Crippen MR) is 113 cm³/mol. The molecule has 1 aromatic carbocycles. The molecule has 0 aliphatic rings. The van der Waals surface area contributed by atoms with Gasteiger partial charge in [-0.3, -0.25) is 0 Å². The van der Waals surface area contributed by atoms with E-state index in [0.29, 0.717) is 5.56 Å². The topological polar surface area (TPSA) is 41.6 Å². The van der Waals surface area contributed by atoms with Crippen LogP contribution in [0.3, 0.4) is 0 Å². The minimum absolute atomic E-state index is 0.654. The van der Waals surface area contributed by atoms with E-state index in [4.69, 9.17) is 0 Å². The normalized spacial score (nSPS) is 10.8. The monoisotopic (exact) mass is 369 g/mol. The molecule has 0 N–H and O–H groups in total. The van der Waals surface area contributed by atoms with Crippen LogP contribution in [0.1, 0.15) is 30.9 Å². The molecule has 0 saturated carbocycles. The number of benzene rings is 1. The average Bonchev–Trinajstić information content (AvgIpc) is 3.32. The lowest BCUT2D eigenvalue weighted by Gasteiger charge is -2.07. The van der Waals surface area contributed by atoms with Crippen molar-refractivity contribution in [3.8, 4) is 22.3 Å². The Labute approximate surface area is 162 Å². The van der Waals surface area contributed by atoms with Crippen LogP contribution < -0.4 is 0 Å². The molecule has 0 bridgehead atoms. The molecule has 27 heavy (non-hydrogen) atoms. The standard InChI is InChI=1S/C23H19N3S/c1-3-6-16(2)17-9-10-25-23(12-17)26-14-19(13-24)20(15-26)22-11-18-7-4-5-8-21(18)27-22/h4-5,7-12,14-15H,2-3,6H2,1H3. The number of hydrogen-bond acceptors (Lipinski definition) is 3. The molecule has 0 aliphatic heterocycles. The summed E-state index contributed by atoms with van der Waals surface area (Å²) >= 11 is 1.70. The molecule has 0 unspecified atom stereocenters. The first kappa shape index (κ1) is 17.3. The van der Waals surface area contributed by atoms with Crippen molar-refractivity contribution in [2.45, 2.75) is 19.8 Å². The van der Waals surface area contributed by atoms with Crippen LogP contribution in [0.4, 0.5) is 0 Å². The Morgan fingerprint density at radius 1 is 1.22 bits per heavy atom. The highest BCUT2D eigenvalue weighted by Crippen LogP contribution is 2.36. The highest BCUT2D eigenvalue weighted by Gasteiger charge is 2.13. The Balaban J connectivity index is 1.77. The van der Waals surface area contributed by atoms with Crippen molar-refractivity contribution >= 4 is 27.0 Å². The fourth-order valence-corrected chi connectivity index (χ4v) is 4.30. The maximum Gasteiger partial charge on any atom is 0.137 e. The van der Waals surface area contributed by atoms with Gasteiger partial charge in [0.1, 0.15) is 11.9 Å². The van der Waals surface area contributed by atoms with Crippen molar-refractivity contribution in [1.82, 2.24) is 9.55 Å². The zero-order valence-electron chi connectivity index (χ0n) is 15.1. The molecule has 3 aromatic heterocycles. The van der Waals surface area contributed by atoms with Gasteiger partial charge >= 0.3 is 0 Å². The van der Waals surface area contributed by atoms with Gasteiger partial charge in [0.25, 0.3) is 0 Å². The van der Waals surface area contributed by atoms with Crippen LogP contribution in [0.2, 0.25) is 0 Å². The minimum Gasteiger partial charge on any atom is -0.307 e. The van der Waals surface area contributed by atoms with E-state index in [1.807, 2.05) is 41.2 Å². The van der Waals surface area contributed by atoms with Gasteiger partial charge in [-0.05, 0) is 47.2 Å². The molecule has 0 radical (unpaired) electrons. The van der Waals surface area contributed by atoms with Gasteiger partial charge in [-0.1, -0.05) is 38.1 Å². The van der Waals surface area contributed by atoms with E-state index in [2.05, 4.69) is 42.8 Å². The molecule has 4 heteroatoms. The van der Waals surface area contributed by atoms with Gasteiger partial charge in [0, 0.05) is 33.7 Å². The Morgan fingerprint density at radius 2 is 2.07 bits per heavy atom. The van der Waals surface area contributed by atoms with Gasteiger partial charge in [-0.25, -0.2) is 4.98 Å². The summed E-state index contributed by atoms with van der Waals surface area (Å²) in [4.78, 5) is 5.59. The van der Waals surface area contributed by atoms with E-state index in [1.165, 1.54) is 10.1 Å². The quantitative estimate of drug-likeness (QED) is 0.406. The van der Waals surface area contributed by atoms with Gasteiger partial charge in [-0.15, -0.1) is 11.3 Å². The van der Waals surface area contributed by atoms with Crippen molar-refractivity contribution in [2.75, 3.05) is 0 Å². The number of rotatable bonds is 5. The summed E-state index contributed by atoms with van der Waals surface area (Å²) in [6.45, 7) is 6.32. The molecule has 132 valence electrons. The molecule has 3 nitrogen and oxygen atoms in total. The number of nitrogens with zero attached hydrogens (tertiary/aromatic N) is 3. The zero-order chi connectivity index (χ0) is 18.8. The number of hydrogen-bond donors (Lipinski definition) is 0. The van der Waals surface area contributed by atoms with Crippen LogP contribution in [0.25, 0.3) is 31.9 Å². The first-order valence-electron chi connectivity index (χ1n) is 8.95. The van der Waals surface area contributed by atoms with Gasteiger partial charge in [0.15, 0.2) is 0 Å². The van der Waals surface area contributed by atoms with Crippen molar-refractivity contribution in [3.63, 3.8) is 0 Å². The number of fused-ring (bicyclic) bond motifs is 1. The van der Waals surface area contributed by atoms with Gasteiger partial charge < -0.3 is 4.57 Å². The summed E-state index contributed by atoms with van der Waals surface area (Å²) in [6, 6.07) is 16.8. The molecule has 4 aromatic rings. The van der Waals surface area contributed by atoms with Crippen LogP contribution in [0.15, 0.2) is 67.6 Å². The summed E-state index contributed by atoms with van der Waals surface area (Å²) < 4.78 is 3.15. The maximum absolute atomic E-state index is 9.63. The SMILES string of the molecule is C=C(CCC)c1ccnc(-n2cc(C#N)c(-c3cc4ccccc4s3)c2)c1. The fourth-order valence-electron chi connectivity index (χ4n) is 3.21. The lowest BCUT2D eigenvalue weighted by molar-refractivity contribution is 0.968. The number of aromatic nitrogens is 2. The van der Waals surface area contributed by atoms with Crippen LogP contribution >= 0.6 is 11.3 Å². The number of nitriles is 1. The second-order valence-corrected chi connectivity index (χ2v) is 7.59. The number of pyridine rings is 1. The largest absolute Gasteiger partial charge is 0.307 e. The van der Waals surface area contributed by atoms with E-state index in [9.17, 15) is 5.26 Å². The average molecular weight is 369 g/mol. The van der Waals surface area contributed by atoms with Crippen LogP contribution in [0, 0.1) is 11.3 Å². The van der Waals surface area contributed by atoms with Crippen LogP contribution in [0.5, 0.6) is 0 Å². The highest BCUT2D eigenvalue weighted by atomic mass is 32.1. The fraction of sp³-hybridized carbons (Fsp3) is 0.130. The van der Waals surface area contributed by atoms with Crippen molar-refractivity contribution in [2.24, 2.45) is 0 Å². The molecule has 0 amide bonds. The molecule has 0 aliphatic carbocycles. The second kappa shape index (κ2) is 7.22. The minimum atomic E-state index is 0.654. The summed E-state index contributed by atoms with van der Waals surface area (Å²) in [7, 11) is 0. The molecular weight excluding hydrogens is 350 g/mol. The lowest BCUT2D eigenvalue weighted by atomic mass is 10.0. The zero-order valence-corrected chi connectivity index (χ0v) is 16.0. The maximum atomic E-state index is 9.63. The Hall–Kier alpha value is -3.16. The third kappa shape index (κ3) is 3.30. The lowest BCUT2D eigenvalue weighted by Crippen LogP contribution is -1.95. The van der Waals surface area contributed by atoms with Crippen molar-refractivity contribution in [3.05, 3.63) is 78.8 Å². The molecule has 3 heterocycles. The smallest absolute Gasteiger partial charge is 0.137 e. The van der Waals surface area contributed by atoms with Crippen molar-refractivity contribution < 1.29 is 0 Å². The highest BCUT2D eigenvalue weighted by molar-refractivity contribution is 7.22. The van der Waals surface area contributed by atoms with E-state index in [-0.39, 0.29) is 0 Å². The van der Waals surface area contributed by atoms with E-state index < -0.39 is 0 Å². The molecule has 0 fully saturated rings. The first-order chi connectivity index (χ1) is 13.2. The second-order valence-electron chi connectivity index (χ2n) is 6.51. The predicted octanol–water partition coefficient (Wildman–Crippen LogP) is 6.44. The number of allylic oxidation sites excluding steroid dienone is 1. The summed E-state index contributed by atoms with van der Waals surface area (Å²) in [5.41, 5.74) is 3.80. The first-order valence-corrected chi connectivity index (χ1v) is 9.77. The van der Waals surface area contributed by atoms with E-state index in [0.717, 1.165) is 40.2 Å². The Morgan fingerprint density at radius 3 is 2.85 bits per heavy atom. The number of thiophene rings is 1. The van der Waals surface area contributed by atoms with Crippen LogP contribution in [-0.2, 0) is 0 Å². The Kier molecular flexibility index (Phi) is 4.62. The molecule has 0 spiro atoms. The summed E-state index contributed by atoms with van der Waals surface area (Å²) in [6.07, 6.45) is 7.68. The Bertz CT molecular complexity index is 1140. The van der Waals surface area contributed by atoms with E-state index >= 15 is 0 Å². The summed E-state index contributed by atoms with van der Waals surface area (Å²) in [5.74, 6) is 0.800. The van der Waals surface area contributed by atoms with Gasteiger partial charge in [-0.2, -0.15) is 5.26 Å². The molecular formula is C23H19N3S. The third-order valence-corrected chi connectivity index (χ3v) is 5.76. The van der Waals surface area contributed by atoms with Gasteiger partial charge in [0.2, 0.25) is 0 Å². The van der Waals surface area contributed by atoms with Crippen LogP contribution in [-0.4, -0.2) is 9.55 Å². The summed E-state index contributed by atoms with van der Waals surface area (Å²) in [5, 5.41) is 10.8. The third-order valence-electron chi connectivity index (χ3n) is 4.61. The molecule has 0 saturated heterocycles. The molecule has 0 atom stereocenters. The van der Waals surface area contributed by atoms with Crippen molar-refractivity contribution in [1.29, 1.82) is 5.26 Å². The van der Waals surface area contributed by atoms with Gasteiger partial charge in [0.05, 0.1) is 5.56 Å².